The van der Waals surface area contributed by atoms with E-state index in [1.54, 1.807) is 0 Å². The zero-order valence-corrected chi connectivity index (χ0v) is 10.9. The zero-order valence-electron chi connectivity index (χ0n) is 10.1. The molecule has 0 heterocycles. The maximum Gasteiger partial charge on any atom is 0.240 e. The second-order valence-electron chi connectivity index (χ2n) is 4.81. The van der Waals surface area contributed by atoms with E-state index in [1.807, 2.05) is 0 Å². The normalized spacial score (nSPS) is 23.7. The van der Waals surface area contributed by atoms with Crippen LogP contribution in [0, 0.1) is 11.7 Å². The van der Waals surface area contributed by atoms with Crippen LogP contribution in [0.2, 0.25) is 0 Å². The average molecular weight is 273 g/mol. The quantitative estimate of drug-likeness (QED) is 0.871. The molecule has 2 N–H and O–H groups in total. The summed E-state index contributed by atoms with van der Waals surface area (Å²) in [6.07, 6.45) is 1.65. The van der Waals surface area contributed by atoms with Crippen molar-refractivity contribution in [1.29, 1.82) is 0 Å². The first-order valence-corrected chi connectivity index (χ1v) is 7.32. The van der Waals surface area contributed by atoms with E-state index in [2.05, 4.69) is 11.6 Å². The molecule has 0 bridgehead atoms. The Balaban J connectivity index is 2.19. The van der Waals surface area contributed by atoms with Gasteiger partial charge in [-0.2, -0.15) is 0 Å². The summed E-state index contributed by atoms with van der Waals surface area (Å²) in [4.78, 5) is -0.00694. The third kappa shape index (κ3) is 2.71. The van der Waals surface area contributed by atoms with Gasteiger partial charge in [0.15, 0.2) is 0 Å². The molecule has 4 nitrogen and oxygen atoms in total. The van der Waals surface area contributed by atoms with Crippen molar-refractivity contribution in [2.75, 3.05) is 0 Å². The average Bonchev–Trinajstić information content (AvgIpc) is 2.27. The molecule has 0 radical (unpaired) electrons. The minimum atomic E-state index is -3.62. The van der Waals surface area contributed by atoms with Gasteiger partial charge < -0.3 is 5.11 Å². The van der Waals surface area contributed by atoms with Crippen LogP contribution >= 0.6 is 0 Å². The molecular formula is C12H16FNO3S. The SMILES string of the molecule is CC1CC(NS(=O)(=O)c2ccc(F)c(CO)c2)C1. The summed E-state index contributed by atoms with van der Waals surface area (Å²) in [5, 5.41) is 8.93. The van der Waals surface area contributed by atoms with E-state index in [1.165, 1.54) is 12.1 Å². The molecule has 0 unspecified atom stereocenters. The second kappa shape index (κ2) is 4.95. The van der Waals surface area contributed by atoms with E-state index in [-0.39, 0.29) is 16.5 Å². The fourth-order valence-electron chi connectivity index (χ4n) is 2.13. The molecule has 0 saturated heterocycles. The van der Waals surface area contributed by atoms with E-state index in [0.717, 1.165) is 18.9 Å². The number of aliphatic hydroxyl groups is 1. The van der Waals surface area contributed by atoms with E-state index in [4.69, 9.17) is 5.11 Å². The highest BCUT2D eigenvalue weighted by molar-refractivity contribution is 7.89. The summed E-state index contributed by atoms with van der Waals surface area (Å²) < 4.78 is 39.8. The molecule has 1 aliphatic rings. The van der Waals surface area contributed by atoms with Crippen molar-refractivity contribution >= 4 is 10.0 Å². The Morgan fingerprint density at radius 1 is 1.44 bits per heavy atom. The molecule has 0 aliphatic heterocycles. The molecule has 1 aromatic rings. The van der Waals surface area contributed by atoms with Crippen LogP contribution in [0.4, 0.5) is 4.39 Å². The number of benzene rings is 1. The van der Waals surface area contributed by atoms with Crippen molar-refractivity contribution in [2.24, 2.45) is 5.92 Å². The Kier molecular flexibility index (Phi) is 3.70. The molecule has 0 amide bonds. The molecule has 1 saturated carbocycles. The van der Waals surface area contributed by atoms with Gasteiger partial charge in [0, 0.05) is 11.6 Å². The van der Waals surface area contributed by atoms with Crippen molar-refractivity contribution in [1.82, 2.24) is 4.72 Å². The number of hydrogen-bond donors (Lipinski definition) is 2. The monoisotopic (exact) mass is 273 g/mol. The van der Waals surface area contributed by atoms with Crippen LogP contribution in [-0.2, 0) is 16.6 Å². The van der Waals surface area contributed by atoms with Crippen LogP contribution in [0.5, 0.6) is 0 Å². The van der Waals surface area contributed by atoms with E-state index in [0.29, 0.717) is 5.92 Å². The van der Waals surface area contributed by atoms with Crippen molar-refractivity contribution in [3.63, 3.8) is 0 Å². The first-order chi connectivity index (χ1) is 8.42. The maximum absolute atomic E-state index is 13.2. The lowest BCUT2D eigenvalue weighted by Gasteiger charge is -2.32. The summed E-state index contributed by atoms with van der Waals surface area (Å²) in [5.41, 5.74) is -0.0140. The van der Waals surface area contributed by atoms with Gasteiger partial charge in [-0.1, -0.05) is 6.92 Å². The zero-order chi connectivity index (χ0) is 13.3. The number of nitrogens with one attached hydrogen (secondary N) is 1. The Labute approximate surface area is 106 Å². The van der Waals surface area contributed by atoms with Gasteiger partial charge in [0.1, 0.15) is 5.82 Å². The lowest BCUT2D eigenvalue weighted by Crippen LogP contribution is -2.43. The lowest BCUT2D eigenvalue weighted by atomic mass is 9.83. The molecule has 2 rings (SSSR count). The van der Waals surface area contributed by atoms with Crippen molar-refractivity contribution < 1.29 is 17.9 Å². The van der Waals surface area contributed by atoms with Gasteiger partial charge in [-0.15, -0.1) is 0 Å². The van der Waals surface area contributed by atoms with E-state index < -0.39 is 22.4 Å². The first-order valence-electron chi connectivity index (χ1n) is 5.84. The van der Waals surface area contributed by atoms with Crippen molar-refractivity contribution in [3.05, 3.63) is 29.6 Å². The van der Waals surface area contributed by atoms with Crippen molar-refractivity contribution in [2.45, 2.75) is 37.3 Å². The van der Waals surface area contributed by atoms with Gasteiger partial charge >= 0.3 is 0 Å². The summed E-state index contributed by atoms with van der Waals surface area (Å²) in [6, 6.07) is 3.40. The standard InChI is InChI=1S/C12H16FNO3S/c1-8-4-10(5-8)14-18(16,17)11-2-3-12(13)9(6-11)7-15/h2-3,6,8,10,14-15H,4-5,7H2,1H3. The third-order valence-electron chi connectivity index (χ3n) is 3.19. The fraction of sp³-hybridized carbons (Fsp3) is 0.500. The van der Waals surface area contributed by atoms with Crippen LogP contribution in [0.15, 0.2) is 23.1 Å². The van der Waals surface area contributed by atoms with Gasteiger partial charge in [-0.25, -0.2) is 17.5 Å². The Hall–Kier alpha value is -0.980. The van der Waals surface area contributed by atoms with Gasteiger partial charge in [0.05, 0.1) is 11.5 Å². The van der Waals surface area contributed by atoms with Gasteiger partial charge in [-0.05, 0) is 37.0 Å². The minimum absolute atomic E-state index is 0.00694. The van der Waals surface area contributed by atoms with Crippen LogP contribution in [-0.4, -0.2) is 19.6 Å². The summed E-state index contributed by atoms with van der Waals surface area (Å²) in [6.45, 7) is 1.54. The first kappa shape index (κ1) is 13.5. The molecule has 18 heavy (non-hydrogen) atoms. The van der Waals surface area contributed by atoms with Crippen LogP contribution < -0.4 is 4.72 Å². The lowest BCUT2D eigenvalue weighted by molar-refractivity contribution is 0.270. The molecule has 1 aromatic carbocycles. The molecule has 0 spiro atoms. The number of hydrogen-bond acceptors (Lipinski definition) is 3. The summed E-state index contributed by atoms with van der Waals surface area (Å²) in [5.74, 6) is -0.0624. The molecule has 0 atom stereocenters. The van der Waals surface area contributed by atoms with Crippen LogP contribution in [0.1, 0.15) is 25.3 Å². The van der Waals surface area contributed by atoms with E-state index >= 15 is 0 Å². The fourth-order valence-corrected chi connectivity index (χ4v) is 3.44. The molecular weight excluding hydrogens is 257 g/mol. The van der Waals surface area contributed by atoms with Gasteiger partial charge in [0.25, 0.3) is 0 Å². The van der Waals surface area contributed by atoms with Gasteiger partial charge in [0.2, 0.25) is 10.0 Å². The Morgan fingerprint density at radius 3 is 2.67 bits per heavy atom. The highest BCUT2D eigenvalue weighted by atomic mass is 32.2. The highest BCUT2D eigenvalue weighted by Crippen LogP contribution is 2.28. The largest absolute Gasteiger partial charge is 0.392 e. The maximum atomic E-state index is 13.2. The second-order valence-corrected chi connectivity index (χ2v) is 6.52. The van der Waals surface area contributed by atoms with Gasteiger partial charge in [-0.3, -0.25) is 0 Å². The number of rotatable bonds is 4. The minimum Gasteiger partial charge on any atom is -0.392 e. The van der Waals surface area contributed by atoms with Crippen LogP contribution in [0.25, 0.3) is 0 Å². The molecule has 1 aliphatic carbocycles. The Morgan fingerprint density at radius 2 is 2.11 bits per heavy atom. The predicted octanol–water partition coefficient (Wildman–Crippen LogP) is 1.39. The Bertz CT molecular complexity index is 538. The third-order valence-corrected chi connectivity index (χ3v) is 4.71. The van der Waals surface area contributed by atoms with Crippen LogP contribution in [0.3, 0.4) is 0 Å². The molecule has 6 heteroatoms. The highest BCUT2D eigenvalue weighted by Gasteiger charge is 2.30. The number of sulfonamides is 1. The number of halogens is 1. The predicted molar refractivity (Wildman–Crippen MR) is 64.8 cm³/mol. The topological polar surface area (TPSA) is 66.4 Å². The summed E-state index contributed by atoms with van der Waals surface area (Å²) in [7, 11) is -3.62. The van der Waals surface area contributed by atoms with Crippen molar-refractivity contribution in [3.8, 4) is 0 Å². The van der Waals surface area contributed by atoms with E-state index in [9.17, 15) is 12.8 Å². The molecule has 100 valence electrons. The molecule has 1 fully saturated rings. The summed E-state index contributed by atoms with van der Waals surface area (Å²) >= 11 is 0. The molecule has 0 aromatic heterocycles. The smallest absolute Gasteiger partial charge is 0.240 e. The number of aliphatic hydroxyl groups excluding tert-OH is 1.